The summed E-state index contributed by atoms with van der Waals surface area (Å²) in [6, 6.07) is 10.4. The van der Waals surface area contributed by atoms with Crippen molar-refractivity contribution >= 4 is 17.5 Å². The number of aromatic nitrogens is 2. The van der Waals surface area contributed by atoms with Crippen molar-refractivity contribution in [2.24, 2.45) is 7.05 Å². The molecule has 3 aromatic rings. The van der Waals surface area contributed by atoms with E-state index >= 15 is 0 Å². The zero-order valence-corrected chi connectivity index (χ0v) is 13.8. The monoisotopic (exact) mass is 345 g/mol. The Hall–Kier alpha value is -2.73. The molecule has 1 amide bonds. The minimum Gasteiger partial charge on any atom is -0.486 e. The molecule has 0 radical (unpaired) electrons. The lowest BCUT2D eigenvalue weighted by atomic mass is 10.3. The topological polar surface area (TPSA) is 69.3 Å². The maximum absolute atomic E-state index is 12.1. The summed E-state index contributed by atoms with van der Waals surface area (Å²) in [4.78, 5) is 12.1. The Morgan fingerprint density at radius 2 is 2.08 bits per heavy atom. The van der Waals surface area contributed by atoms with Crippen molar-refractivity contribution in [3.63, 3.8) is 0 Å². The summed E-state index contributed by atoms with van der Waals surface area (Å²) in [5, 5.41) is 7.47. The number of amides is 1. The number of benzene rings is 1. The number of ether oxygens (including phenoxy) is 1. The maximum atomic E-state index is 12.1. The summed E-state index contributed by atoms with van der Waals surface area (Å²) in [7, 11) is 1.82. The van der Waals surface area contributed by atoms with Crippen molar-refractivity contribution < 1.29 is 13.9 Å². The molecule has 24 heavy (non-hydrogen) atoms. The van der Waals surface area contributed by atoms with Crippen molar-refractivity contribution in [2.75, 3.05) is 0 Å². The summed E-state index contributed by atoms with van der Waals surface area (Å²) in [5.74, 6) is 1.21. The van der Waals surface area contributed by atoms with Crippen LogP contribution in [0.4, 0.5) is 0 Å². The first-order valence-electron chi connectivity index (χ1n) is 7.33. The minimum absolute atomic E-state index is 0.234. The van der Waals surface area contributed by atoms with Crippen molar-refractivity contribution in [2.45, 2.75) is 13.2 Å². The Labute approximate surface area is 144 Å². The summed E-state index contributed by atoms with van der Waals surface area (Å²) in [6.07, 6.45) is 3.54. The number of aryl methyl sites for hydroxylation is 1. The minimum atomic E-state index is -0.281. The van der Waals surface area contributed by atoms with Gasteiger partial charge in [0.05, 0.1) is 6.20 Å². The predicted octanol–water partition coefficient (Wildman–Crippen LogP) is 3.18. The number of carbonyl (C=O) groups excluding carboxylic acids is 1. The van der Waals surface area contributed by atoms with E-state index in [1.165, 1.54) is 0 Å². The van der Waals surface area contributed by atoms with Crippen LogP contribution >= 0.6 is 11.6 Å². The van der Waals surface area contributed by atoms with Crippen molar-refractivity contribution in [3.05, 3.63) is 70.9 Å². The molecule has 0 atom stereocenters. The fourth-order valence-electron chi connectivity index (χ4n) is 2.10. The first-order chi connectivity index (χ1) is 11.6. The fourth-order valence-corrected chi connectivity index (χ4v) is 2.22. The number of carbonyl (C=O) groups is 1. The quantitative estimate of drug-likeness (QED) is 0.745. The van der Waals surface area contributed by atoms with E-state index in [0.29, 0.717) is 23.1 Å². The molecule has 0 saturated heterocycles. The Morgan fingerprint density at radius 1 is 1.29 bits per heavy atom. The third-order valence-electron chi connectivity index (χ3n) is 3.29. The van der Waals surface area contributed by atoms with Gasteiger partial charge in [-0.2, -0.15) is 5.10 Å². The SMILES string of the molecule is Cn1cc(CNC(=O)c2ccc(COc3ccc(Cl)cc3)o2)cn1. The lowest BCUT2D eigenvalue weighted by Gasteiger charge is -2.04. The smallest absolute Gasteiger partial charge is 0.287 e. The number of furan rings is 1. The van der Waals surface area contributed by atoms with Crippen LogP contribution in [0, 0.1) is 0 Å². The lowest BCUT2D eigenvalue weighted by Crippen LogP contribution is -2.22. The van der Waals surface area contributed by atoms with Crippen LogP contribution in [0.3, 0.4) is 0 Å². The molecule has 0 aliphatic rings. The van der Waals surface area contributed by atoms with E-state index in [9.17, 15) is 4.79 Å². The Morgan fingerprint density at radius 3 is 2.79 bits per heavy atom. The zero-order valence-electron chi connectivity index (χ0n) is 13.0. The Bertz CT molecular complexity index is 824. The van der Waals surface area contributed by atoms with E-state index in [2.05, 4.69) is 10.4 Å². The van der Waals surface area contributed by atoms with Crippen LogP contribution < -0.4 is 10.1 Å². The molecular formula is C17H16ClN3O3. The highest BCUT2D eigenvalue weighted by Gasteiger charge is 2.11. The molecule has 124 valence electrons. The van der Waals surface area contributed by atoms with Gasteiger partial charge in [-0.1, -0.05) is 11.6 Å². The standard InChI is InChI=1S/C17H16ClN3O3/c1-21-10-12(9-20-21)8-19-17(22)16-7-6-15(24-16)11-23-14-4-2-13(18)3-5-14/h2-7,9-10H,8,11H2,1H3,(H,19,22). The van der Waals surface area contributed by atoms with Crippen molar-refractivity contribution in [1.82, 2.24) is 15.1 Å². The van der Waals surface area contributed by atoms with Gasteiger partial charge in [-0.25, -0.2) is 0 Å². The normalized spacial score (nSPS) is 10.6. The molecule has 3 rings (SSSR count). The number of rotatable bonds is 6. The molecule has 0 unspecified atom stereocenters. The second-order valence-corrected chi connectivity index (χ2v) is 5.65. The highest BCUT2D eigenvalue weighted by atomic mass is 35.5. The van der Waals surface area contributed by atoms with Gasteiger partial charge in [0.2, 0.25) is 0 Å². The second kappa shape index (κ2) is 7.23. The van der Waals surface area contributed by atoms with Gasteiger partial charge in [-0.3, -0.25) is 9.48 Å². The summed E-state index contributed by atoms with van der Waals surface area (Å²) in [5.41, 5.74) is 0.920. The maximum Gasteiger partial charge on any atom is 0.287 e. The average molecular weight is 346 g/mol. The lowest BCUT2D eigenvalue weighted by molar-refractivity contribution is 0.0919. The van der Waals surface area contributed by atoms with Gasteiger partial charge in [0, 0.05) is 30.4 Å². The molecule has 0 spiro atoms. The Balaban J connectivity index is 1.52. The third-order valence-corrected chi connectivity index (χ3v) is 3.54. The van der Waals surface area contributed by atoms with Gasteiger partial charge in [0.15, 0.2) is 5.76 Å². The molecule has 0 fully saturated rings. The summed E-state index contributed by atoms with van der Waals surface area (Å²) >= 11 is 5.82. The number of nitrogens with one attached hydrogen (secondary N) is 1. The molecule has 2 heterocycles. The molecule has 1 N–H and O–H groups in total. The second-order valence-electron chi connectivity index (χ2n) is 5.21. The average Bonchev–Trinajstić information content (AvgIpc) is 3.21. The molecule has 1 aromatic carbocycles. The molecule has 2 aromatic heterocycles. The van der Waals surface area contributed by atoms with Gasteiger partial charge in [-0.05, 0) is 36.4 Å². The molecule has 0 bridgehead atoms. The number of hydrogen-bond donors (Lipinski definition) is 1. The Kier molecular flexibility index (Phi) is 4.86. The first-order valence-corrected chi connectivity index (χ1v) is 7.71. The van der Waals surface area contributed by atoms with Crippen LogP contribution in [0.2, 0.25) is 5.02 Å². The van der Waals surface area contributed by atoms with Crippen LogP contribution in [0.1, 0.15) is 21.9 Å². The van der Waals surface area contributed by atoms with E-state index in [-0.39, 0.29) is 18.3 Å². The molecule has 0 aliphatic carbocycles. The van der Waals surface area contributed by atoms with Gasteiger partial charge < -0.3 is 14.5 Å². The van der Waals surface area contributed by atoms with E-state index in [1.54, 1.807) is 47.3 Å². The fraction of sp³-hybridized carbons (Fsp3) is 0.176. The van der Waals surface area contributed by atoms with Gasteiger partial charge in [0.1, 0.15) is 18.1 Å². The van der Waals surface area contributed by atoms with Crippen LogP contribution in [-0.4, -0.2) is 15.7 Å². The molecule has 0 saturated carbocycles. The molecule has 7 heteroatoms. The largest absolute Gasteiger partial charge is 0.486 e. The molecular weight excluding hydrogens is 330 g/mol. The van der Waals surface area contributed by atoms with Crippen LogP contribution in [0.25, 0.3) is 0 Å². The van der Waals surface area contributed by atoms with E-state index < -0.39 is 0 Å². The number of halogens is 1. The van der Waals surface area contributed by atoms with E-state index in [1.807, 2.05) is 13.2 Å². The van der Waals surface area contributed by atoms with Gasteiger partial charge in [-0.15, -0.1) is 0 Å². The first kappa shape index (κ1) is 16.1. The summed E-state index contributed by atoms with van der Waals surface area (Å²) < 4.78 is 12.8. The highest BCUT2D eigenvalue weighted by molar-refractivity contribution is 6.30. The van der Waals surface area contributed by atoms with Gasteiger partial charge >= 0.3 is 0 Å². The van der Waals surface area contributed by atoms with E-state index in [0.717, 1.165) is 5.56 Å². The number of nitrogens with zero attached hydrogens (tertiary/aromatic N) is 2. The predicted molar refractivity (Wildman–Crippen MR) is 88.9 cm³/mol. The molecule has 6 nitrogen and oxygen atoms in total. The van der Waals surface area contributed by atoms with Crippen molar-refractivity contribution in [1.29, 1.82) is 0 Å². The molecule has 0 aliphatic heterocycles. The van der Waals surface area contributed by atoms with Crippen LogP contribution in [-0.2, 0) is 20.2 Å². The third kappa shape index (κ3) is 4.17. The van der Waals surface area contributed by atoms with Crippen molar-refractivity contribution in [3.8, 4) is 5.75 Å². The van der Waals surface area contributed by atoms with E-state index in [4.69, 9.17) is 20.8 Å². The highest BCUT2D eigenvalue weighted by Crippen LogP contribution is 2.17. The van der Waals surface area contributed by atoms with Crippen LogP contribution in [0.15, 0.2) is 53.2 Å². The zero-order chi connectivity index (χ0) is 16.9. The van der Waals surface area contributed by atoms with Gasteiger partial charge in [0.25, 0.3) is 5.91 Å². The summed E-state index contributed by atoms with van der Waals surface area (Å²) in [6.45, 7) is 0.626. The number of hydrogen-bond acceptors (Lipinski definition) is 4. The van der Waals surface area contributed by atoms with Crippen LogP contribution in [0.5, 0.6) is 5.75 Å².